The minimum absolute atomic E-state index is 0. The van der Waals surface area contributed by atoms with Crippen LogP contribution in [0.25, 0.3) is 33.4 Å². The molecule has 1 saturated heterocycles. The van der Waals surface area contributed by atoms with Gasteiger partial charge in [-0.2, -0.15) is 81.0 Å². The molecule has 11 nitrogen and oxygen atoms in total. The second-order valence-electron chi connectivity index (χ2n) is 15.6. The van der Waals surface area contributed by atoms with E-state index >= 15 is 0 Å². The molecule has 2 fully saturated rings. The van der Waals surface area contributed by atoms with Gasteiger partial charge in [0.2, 0.25) is 12.3 Å². The molecule has 0 spiro atoms. The number of halogens is 2. The second kappa shape index (κ2) is 23.0. The summed E-state index contributed by atoms with van der Waals surface area (Å²) < 4.78 is 41.3. The van der Waals surface area contributed by atoms with Crippen molar-refractivity contribution < 1.29 is 32.6 Å². The van der Waals surface area contributed by atoms with Gasteiger partial charge in [-0.1, -0.05) is 26.8 Å². The Morgan fingerprint density at radius 2 is 1.85 bits per heavy atom. The minimum Gasteiger partial charge on any atom is -0.464 e. The number of thiazole rings is 1. The Balaban J connectivity index is 0.00000300. The monoisotopic (exact) mass is 966 g/mol. The Labute approximate surface area is 396 Å². The van der Waals surface area contributed by atoms with E-state index in [1.165, 1.54) is 16.3 Å². The van der Waals surface area contributed by atoms with Crippen molar-refractivity contribution in [3.05, 3.63) is 58.2 Å². The molecule has 60 heavy (non-hydrogen) atoms. The normalized spacial score (nSPS) is 22.5. The maximum Gasteiger partial charge on any atom is 0.324 e. The predicted octanol–water partition coefficient (Wildman–Crippen LogP) is 7.03. The van der Waals surface area contributed by atoms with Gasteiger partial charge >= 0.3 is 5.97 Å². The van der Waals surface area contributed by atoms with Gasteiger partial charge in [-0.05, 0) is 68.9 Å². The number of nitrogens with one attached hydrogen (secondary N) is 2. The highest BCUT2D eigenvalue weighted by Crippen LogP contribution is 2.50. The summed E-state index contributed by atoms with van der Waals surface area (Å²) in [5.41, 5.74) is 9.12. The van der Waals surface area contributed by atoms with Crippen LogP contribution in [0.15, 0.2) is 41.9 Å². The highest BCUT2D eigenvalue weighted by atomic mass is 32.1. The number of aryl methyl sites for hydroxylation is 1. The second-order valence-corrected chi connectivity index (χ2v) is 16.5. The topological polar surface area (TPSA) is 128 Å². The summed E-state index contributed by atoms with van der Waals surface area (Å²) in [6.45, 7) is 11.0. The predicted molar refractivity (Wildman–Crippen MR) is 264 cm³/mol. The van der Waals surface area contributed by atoms with Crippen LogP contribution in [0.2, 0.25) is 0 Å². The summed E-state index contributed by atoms with van der Waals surface area (Å²) in [6, 6.07) is 8.44. The van der Waals surface area contributed by atoms with Crippen LogP contribution >= 0.6 is 92.3 Å². The lowest BCUT2D eigenvalue weighted by molar-refractivity contribution is -0.155. The maximum absolute atomic E-state index is 14.1. The number of hydrazine groups is 1. The number of carbonyl (C=O) groups is 3. The summed E-state index contributed by atoms with van der Waals surface area (Å²) in [5, 5.41) is 7.73. The van der Waals surface area contributed by atoms with Gasteiger partial charge in [-0.15, -0.1) is 11.3 Å². The lowest BCUT2D eigenvalue weighted by atomic mass is 9.84. The van der Waals surface area contributed by atoms with Gasteiger partial charge in [-0.3, -0.25) is 24.4 Å². The average molecular weight is 967 g/mol. The summed E-state index contributed by atoms with van der Waals surface area (Å²) in [7, 11) is 1.67. The van der Waals surface area contributed by atoms with Crippen molar-refractivity contribution in [1.29, 1.82) is 0 Å². The molecule has 6 bridgehead atoms. The lowest BCUT2D eigenvalue weighted by Crippen LogP contribution is -2.60. The number of nitrogens with zero attached hydrogens (tertiary/aromatic N) is 4. The molecule has 3 aromatic heterocycles. The fourth-order valence-electron chi connectivity index (χ4n) is 8.13. The highest BCUT2D eigenvalue weighted by molar-refractivity contribution is 7.60. The van der Waals surface area contributed by atoms with E-state index in [1.807, 2.05) is 24.4 Å². The molecule has 0 radical (unpaired) electrons. The van der Waals surface area contributed by atoms with E-state index in [9.17, 15) is 23.2 Å². The van der Waals surface area contributed by atoms with E-state index in [2.05, 4.69) is 54.3 Å². The molecule has 20 heteroatoms. The van der Waals surface area contributed by atoms with Gasteiger partial charge < -0.3 is 19.4 Å². The molecule has 336 valence electrons. The Bertz CT molecular complexity index is 2090. The molecular weight excluding hydrogens is 907 g/mol. The quantitative estimate of drug-likeness (QED) is 0.189. The fourth-order valence-corrected chi connectivity index (χ4v) is 8.98. The number of hydrogen-bond donors (Lipinski definition) is 2. The van der Waals surface area contributed by atoms with E-state index in [0.717, 1.165) is 44.7 Å². The number of methoxy groups -OCH3 is 1. The Morgan fingerprint density at radius 3 is 2.50 bits per heavy atom. The molecule has 4 aromatic rings. The molecule has 6 atom stereocenters. The molecular formula is C40H60F2N6O5S7. The number of alkyl halides is 2. The van der Waals surface area contributed by atoms with Gasteiger partial charge in [0.25, 0.3) is 5.91 Å². The molecule has 0 unspecified atom stereocenters. The zero-order valence-electron chi connectivity index (χ0n) is 34.5. The third kappa shape index (κ3) is 11.3. The molecule has 2 amide bonds. The molecule has 3 aliphatic rings. The molecule has 7 rings (SSSR count). The first-order valence-corrected chi connectivity index (χ1v) is 19.6. The summed E-state index contributed by atoms with van der Waals surface area (Å²) >= 11 is 1.37. The number of carbonyl (C=O) groups excluding carboxylic acids is 3. The molecule has 2 aliphatic heterocycles. The number of esters is 1. The Kier molecular flexibility index (Phi) is 21.4. The SMILES string of the molecule is CCn1c(-c2cccnc2[C@H](C)OC)c2c3cc(ccc31)-c1csc(n1)C[C@H](NC(=O)[C@H]1[C@H](C)[C@@H]1C(F)F)C(=O)N1CCC[C@H](N1)C(=O)OCC(C)(C)C2.S.S.S.S.S.S. The van der Waals surface area contributed by atoms with Crippen molar-refractivity contribution in [2.24, 2.45) is 23.2 Å². The number of aromatic nitrogens is 3. The number of ether oxygens (including phenoxy) is 2. The van der Waals surface area contributed by atoms with Crippen LogP contribution in [0.4, 0.5) is 8.78 Å². The number of cyclic esters (lactones) is 1. The van der Waals surface area contributed by atoms with Crippen molar-refractivity contribution in [3.63, 3.8) is 0 Å². The first-order valence-electron chi connectivity index (χ1n) is 18.7. The summed E-state index contributed by atoms with van der Waals surface area (Å²) in [5.74, 6) is -3.92. The van der Waals surface area contributed by atoms with E-state index in [0.29, 0.717) is 37.4 Å². The van der Waals surface area contributed by atoms with Crippen molar-refractivity contribution in [2.45, 2.75) is 91.5 Å². The number of rotatable bonds is 7. The first-order chi connectivity index (χ1) is 25.8. The zero-order valence-corrected chi connectivity index (χ0v) is 41.3. The van der Waals surface area contributed by atoms with E-state index in [1.54, 1.807) is 20.2 Å². The van der Waals surface area contributed by atoms with Gasteiger partial charge in [0.15, 0.2) is 0 Å². The van der Waals surface area contributed by atoms with Gasteiger partial charge in [0.1, 0.15) is 12.1 Å². The summed E-state index contributed by atoms with van der Waals surface area (Å²) in [4.78, 5) is 50.7. The number of fused-ring (bicyclic) bond motifs is 6. The van der Waals surface area contributed by atoms with Crippen LogP contribution in [-0.2, 0) is 43.2 Å². The van der Waals surface area contributed by atoms with E-state index in [4.69, 9.17) is 19.4 Å². The van der Waals surface area contributed by atoms with Gasteiger partial charge in [0, 0.05) is 77.5 Å². The van der Waals surface area contributed by atoms with Crippen LogP contribution in [0.3, 0.4) is 0 Å². The molecule has 5 heterocycles. The third-order valence-corrected chi connectivity index (χ3v) is 12.1. The fraction of sp³-hybridized carbons (Fsp3) is 0.525. The first kappa shape index (κ1) is 55.8. The standard InChI is InChI=1S/C40H48F2N6O5S.6H2S/c1-7-47-30-13-12-23-16-25(30)26(35(47)24-10-8-14-43-34(24)22(3)52-6)18-40(4,5)20-53-39(51)27-11-9-15-48(46-27)38(50)28(17-31-44-29(23)19-54-31)45-37(49)33-21(2)32(33)36(41)42;;;;;;/h8,10,12-14,16,19,21-22,27-28,32-33,36,46H,7,9,11,15,17-18,20H2,1-6H3,(H,45,49);6*1H2/t21-,22+,27+,28+,32+,33+;;;;;;/m1....../s1. The zero-order chi connectivity index (χ0) is 38.5. The van der Waals surface area contributed by atoms with Gasteiger partial charge in [0.05, 0.1) is 34.8 Å². The van der Waals surface area contributed by atoms with Crippen LogP contribution in [0.1, 0.15) is 69.8 Å². The smallest absolute Gasteiger partial charge is 0.324 e. The van der Waals surface area contributed by atoms with Crippen LogP contribution in [0, 0.1) is 23.2 Å². The summed E-state index contributed by atoms with van der Waals surface area (Å²) in [6.07, 6.45) is 0.533. The molecule has 2 N–H and O–H groups in total. The Hall–Kier alpha value is -2.17. The number of hydrogen-bond acceptors (Lipinski definition) is 9. The van der Waals surface area contributed by atoms with Crippen molar-refractivity contribution in [1.82, 2.24) is 30.3 Å². The lowest BCUT2D eigenvalue weighted by Gasteiger charge is -2.35. The number of benzene rings is 1. The van der Waals surface area contributed by atoms with Crippen molar-refractivity contribution >= 4 is 121 Å². The van der Waals surface area contributed by atoms with Crippen LogP contribution in [-0.4, -0.2) is 76.1 Å². The maximum atomic E-state index is 14.1. The van der Waals surface area contributed by atoms with Crippen LogP contribution in [0.5, 0.6) is 0 Å². The number of pyridine rings is 1. The Morgan fingerprint density at radius 1 is 1.13 bits per heavy atom. The third-order valence-electron chi connectivity index (χ3n) is 11.2. The van der Waals surface area contributed by atoms with Crippen molar-refractivity contribution in [2.75, 3.05) is 20.3 Å². The van der Waals surface area contributed by atoms with Gasteiger partial charge in [-0.25, -0.2) is 19.2 Å². The molecule has 1 aromatic carbocycles. The van der Waals surface area contributed by atoms with Crippen LogP contribution < -0.4 is 10.7 Å². The number of amides is 2. The largest absolute Gasteiger partial charge is 0.464 e. The highest BCUT2D eigenvalue weighted by Gasteiger charge is 2.57. The molecule has 1 aliphatic carbocycles. The minimum atomic E-state index is -2.62. The molecule has 1 saturated carbocycles. The average Bonchev–Trinajstić information content (AvgIpc) is 3.48. The van der Waals surface area contributed by atoms with E-state index in [-0.39, 0.29) is 100 Å². The van der Waals surface area contributed by atoms with E-state index < -0.39 is 59.5 Å². The van der Waals surface area contributed by atoms with Crippen molar-refractivity contribution in [3.8, 4) is 22.5 Å².